The molecule has 0 spiro atoms. The lowest BCUT2D eigenvalue weighted by Crippen LogP contribution is -2.29. The Bertz CT molecular complexity index is 750. The van der Waals surface area contributed by atoms with E-state index in [9.17, 15) is 5.11 Å². The number of hydrogen-bond acceptors (Lipinski definition) is 4. The number of aliphatic hydroxyl groups is 1. The van der Waals surface area contributed by atoms with Gasteiger partial charge in [-0.1, -0.05) is 60.8 Å². The Kier molecular flexibility index (Phi) is 10.2. The van der Waals surface area contributed by atoms with Crippen LogP contribution in [0.2, 0.25) is 0 Å². The van der Waals surface area contributed by atoms with E-state index in [1.54, 1.807) is 0 Å². The molecule has 1 aliphatic carbocycles. The molecule has 0 radical (unpaired) electrons. The van der Waals surface area contributed by atoms with Gasteiger partial charge in [-0.15, -0.1) is 0 Å². The average molecular weight is 483 g/mol. The lowest BCUT2D eigenvalue weighted by Gasteiger charge is -2.35. The SMILES string of the molecule is CN(C)C(=S)OC(c1cc(C(C)(C)C)c(O)c(C(C)(C)C)c1)C1CCCCC1.NC(O)=S. The van der Waals surface area contributed by atoms with Crippen molar-refractivity contribution in [1.82, 2.24) is 4.90 Å². The summed E-state index contributed by atoms with van der Waals surface area (Å²) in [5.41, 5.74) is 7.20. The number of hydrogen-bond donors (Lipinski definition) is 3. The molecule has 0 aromatic heterocycles. The minimum absolute atomic E-state index is 0.0713. The fraction of sp³-hybridized carbons (Fsp3) is 0.680. The molecule has 1 aromatic carbocycles. The summed E-state index contributed by atoms with van der Waals surface area (Å²) in [5.74, 6) is 0.873. The van der Waals surface area contributed by atoms with Crippen LogP contribution in [0.3, 0.4) is 0 Å². The maximum atomic E-state index is 11.1. The van der Waals surface area contributed by atoms with Gasteiger partial charge in [-0.05, 0) is 76.9 Å². The third-order valence-corrected chi connectivity index (χ3v) is 6.21. The fourth-order valence-corrected chi connectivity index (χ4v) is 4.16. The Morgan fingerprint density at radius 2 is 1.41 bits per heavy atom. The first-order valence-corrected chi connectivity index (χ1v) is 12.1. The Labute approximate surface area is 205 Å². The summed E-state index contributed by atoms with van der Waals surface area (Å²) in [6.07, 6.45) is 6.05. The third-order valence-electron chi connectivity index (χ3n) is 5.75. The first-order valence-electron chi connectivity index (χ1n) is 11.3. The van der Waals surface area contributed by atoms with Gasteiger partial charge in [0, 0.05) is 20.0 Å². The summed E-state index contributed by atoms with van der Waals surface area (Å²) in [7, 11) is 3.86. The number of rotatable bonds is 3. The van der Waals surface area contributed by atoms with E-state index in [0.29, 0.717) is 16.8 Å². The molecule has 5 nitrogen and oxygen atoms in total. The predicted octanol–water partition coefficient (Wildman–Crippen LogP) is 6.26. The molecule has 1 saturated carbocycles. The molecule has 1 unspecified atom stereocenters. The van der Waals surface area contributed by atoms with Crippen molar-refractivity contribution in [2.75, 3.05) is 14.1 Å². The average Bonchev–Trinajstić information content (AvgIpc) is 2.64. The van der Waals surface area contributed by atoms with Crippen LogP contribution in [0.1, 0.15) is 96.4 Å². The highest BCUT2D eigenvalue weighted by Gasteiger charge is 2.33. The van der Waals surface area contributed by atoms with Crippen molar-refractivity contribution < 1.29 is 14.9 Å². The van der Waals surface area contributed by atoms with Gasteiger partial charge in [0.05, 0.1) is 0 Å². The van der Waals surface area contributed by atoms with Crippen LogP contribution in [-0.2, 0) is 15.6 Å². The molecule has 0 saturated heterocycles. The van der Waals surface area contributed by atoms with Gasteiger partial charge in [0.25, 0.3) is 10.3 Å². The predicted molar refractivity (Wildman–Crippen MR) is 142 cm³/mol. The van der Waals surface area contributed by atoms with Gasteiger partial charge in [-0.2, -0.15) is 0 Å². The summed E-state index contributed by atoms with van der Waals surface area (Å²) in [6.45, 7) is 12.9. The van der Waals surface area contributed by atoms with Crippen molar-refractivity contribution in [3.05, 3.63) is 28.8 Å². The number of thiocarbonyl (C=S) groups is 2. The Morgan fingerprint density at radius 1 is 1.00 bits per heavy atom. The summed E-state index contributed by atoms with van der Waals surface area (Å²) >= 11 is 9.39. The van der Waals surface area contributed by atoms with Crippen molar-refractivity contribution in [3.63, 3.8) is 0 Å². The zero-order valence-corrected chi connectivity index (χ0v) is 22.6. The van der Waals surface area contributed by atoms with E-state index in [1.807, 2.05) is 19.0 Å². The van der Waals surface area contributed by atoms with E-state index in [1.165, 1.54) is 19.3 Å². The zero-order valence-electron chi connectivity index (χ0n) is 21.0. The van der Waals surface area contributed by atoms with Crippen molar-refractivity contribution in [2.45, 2.75) is 90.6 Å². The third kappa shape index (κ3) is 8.39. The molecule has 0 bridgehead atoms. The number of phenolic OH excluding ortho intramolecular Hbond substituents is 1. The van der Waals surface area contributed by atoms with Crippen LogP contribution >= 0.6 is 24.4 Å². The molecular weight excluding hydrogens is 440 g/mol. The second-order valence-electron chi connectivity index (χ2n) is 10.9. The molecule has 32 heavy (non-hydrogen) atoms. The van der Waals surface area contributed by atoms with Gasteiger partial charge in [0.2, 0.25) is 0 Å². The molecule has 7 heteroatoms. The number of phenols is 1. The molecule has 0 amide bonds. The summed E-state index contributed by atoms with van der Waals surface area (Å²) in [6, 6.07) is 4.31. The summed E-state index contributed by atoms with van der Waals surface area (Å²) < 4.78 is 6.39. The highest BCUT2D eigenvalue weighted by molar-refractivity contribution is 7.80. The minimum atomic E-state index is -0.500. The van der Waals surface area contributed by atoms with E-state index in [-0.39, 0.29) is 16.9 Å². The molecule has 1 fully saturated rings. The van der Waals surface area contributed by atoms with E-state index >= 15 is 0 Å². The van der Waals surface area contributed by atoms with Gasteiger partial charge in [0.15, 0.2) is 0 Å². The van der Waals surface area contributed by atoms with Gasteiger partial charge in [-0.25, -0.2) is 0 Å². The lowest BCUT2D eigenvalue weighted by molar-refractivity contribution is 0.0856. The fourth-order valence-electron chi connectivity index (χ4n) is 4.05. The van der Waals surface area contributed by atoms with Crippen LogP contribution in [-0.4, -0.2) is 39.6 Å². The maximum absolute atomic E-state index is 11.1. The number of nitrogens with two attached hydrogens (primary N) is 1. The second-order valence-corrected chi connectivity index (χ2v) is 11.7. The van der Waals surface area contributed by atoms with Crippen LogP contribution in [0.5, 0.6) is 5.75 Å². The van der Waals surface area contributed by atoms with Crippen molar-refractivity contribution >= 4 is 34.8 Å². The van der Waals surface area contributed by atoms with Crippen LogP contribution in [0.4, 0.5) is 0 Å². The van der Waals surface area contributed by atoms with E-state index in [2.05, 4.69) is 71.6 Å². The van der Waals surface area contributed by atoms with E-state index in [0.717, 1.165) is 29.5 Å². The Hall–Kier alpha value is -1.60. The topological polar surface area (TPSA) is 79.0 Å². The molecule has 0 heterocycles. The van der Waals surface area contributed by atoms with Crippen molar-refractivity contribution in [3.8, 4) is 5.75 Å². The molecule has 4 N–H and O–H groups in total. The van der Waals surface area contributed by atoms with Gasteiger partial charge < -0.3 is 25.6 Å². The Balaban J connectivity index is 0.00000118. The van der Waals surface area contributed by atoms with Crippen LogP contribution in [0.15, 0.2) is 12.1 Å². The molecule has 1 atom stereocenters. The number of aromatic hydroxyl groups is 1. The summed E-state index contributed by atoms with van der Waals surface area (Å²) in [5, 5.41) is 18.7. The molecule has 1 aromatic rings. The van der Waals surface area contributed by atoms with Gasteiger partial charge in [-0.3, -0.25) is 0 Å². The molecule has 0 aliphatic heterocycles. The van der Waals surface area contributed by atoms with Crippen LogP contribution in [0, 0.1) is 5.92 Å². The summed E-state index contributed by atoms with van der Waals surface area (Å²) in [4.78, 5) is 1.86. The largest absolute Gasteiger partial charge is 0.507 e. The number of nitrogens with zero attached hydrogens (tertiary/aromatic N) is 1. The van der Waals surface area contributed by atoms with Crippen LogP contribution in [0.25, 0.3) is 0 Å². The second kappa shape index (κ2) is 11.5. The van der Waals surface area contributed by atoms with Gasteiger partial charge >= 0.3 is 0 Å². The minimum Gasteiger partial charge on any atom is -0.507 e. The number of aliphatic hydroxyl groups excluding tert-OH is 1. The molecule has 2 rings (SSSR count). The monoisotopic (exact) mass is 482 g/mol. The number of ether oxygens (including phenoxy) is 1. The number of benzene rings is 1. The van der Waals surface area contributed by atoms with Crippen molar-refractivity contribution in [1.29, 1.82) is 0 Å². The molecular formula is C25H42N2O3S2. The van der Waals surface area contributed by atoms with E-state index < -0.39 is 5.17 Å². The normalized spacial score (nSPS) is 15.9. The lowest BCUT2D eigenvalue weighted by atomic mass is 9.75. The zero-order chi connectivity index (χ0) is 24.9. The standard InChI is InChI=1S/C24H39NO2S.CH3NOS/c1-23(2,3)18-14-17(15-19(20(18)26)24(4,5)6)21(27-22(28)25(7)8)16-12-10-9-11-13-16;2-1(3)4/h14-16,21,26H,9-13H2,1-8H3;(H3,2,3,4). The van der Waals surface area contributed by atoms with Crippen molar-refractivity contribution in [2.24, 2.45) is 11.7 Å². The molecule has 1 aliphatic rings. The molecule has 182 valence electrons. The maximum Gasteiger partial charge on any atom is 0.259 e. The quantitative estimate of drug-likeness (QED) is 0.439. The highest BCUT2D eigenvalue weighted by atomic mass is 32.1. The van der Waals surface area contributed by atoms with Gasteiger partial charge in [0.1, 0.15) is 11.9 Å². The smallest absolute Gasteiger partial charge is 0.259 e. The highest BCUT2D eigenvalue weighted by Crippen LogP contribution is 2.44. The Morgan fingerprint density at radius 3 is 1.75 bits per heavy atom. The van der Waals surface area contributed by atoms with E-state index in [4.69, 9.17) is 22.1 Å². The first kappa shape index (κ1) is 28.4. The first-order chi connectivity index (χ1) is 14.6. The van der Waals surface area contributed by atoms with Crippen LogP contribution < -0.4 is 5.73 Å².